The Kier molecular flexibility index (Phi) is 3.88. The van der Waals surface area contributed by atoms with Crippen LogP contribution in [0, 0.1) is 0 Å². The third-order valence-electron chi connectivity index (χ3n) is 5.45. The molecule has 2 aliphatic heterocycles. The van der Waals surface area contributed by atoms with E-state index in [1.165, 1.54) is 16.5 Å². The van der Waals surface area contributed by atoms with Crippen LogP contribution in [0.2, 0.25) is 0 Å². The summed E-state index contributed by atoms with van der Waals surface area (Å²) in [6, 6.07) is 21.2. The zero-order valence-corrected chi connectivity index (χ0v) is 14.7. The highest BCUT2D eigenvalue weighted by molar-refractivity contribution is 5.96. The van der Waals surface area contributed by atoms with E-state index in [0.29, 0.717) is 13.2 Å². The maximum atomic E-state index is 5.86. The number of hydrogen-bond donors (Lipinski definition) is 0. The molecule has 2 fully saturated rings. The Morgan fingerprint density at radius 1 is 0.846 bits per heavy atom. The zero-order chi connectivity index (χ0) is 17.4. The lowest BCUT2D eigenvalue weighted by atomic mass is 10.00. The van der Waals surface area contributed by atoms with Crippen LogP contribution in [-0.4, -0.2) is 37.1 Å². The molecule has 0 radical (unpaired) electrons. The summed E-state index contributed by atoms with van der Waals surface area (Å²) in [6.45, 7) is 3.23. The number of nitrogens with zero attached hydrogens (tertiary/aromatic N) is 2. The monoisotopic (exact) mass is 346 g/mol. The molecule has 0 saturated carbocycles. The molecule has 0 bridgehead atoms. The second kappa shape index (κ2) is 6.38. The van der Waals surface area contributed by atoms with Crippen molar-refractivity contribution >= 4 is 16.7 Å². The first-order valence-corrected chi connectivity index (χ1v) is 9.31. The molecule has 5 rings (SSSR count). The highest BCUT2D eigenvalue weighted by Crippen LogP contribution is 2.35. The van der Waals surface area contributed by atoms with Crippen LogP contribution >= 0.6 is 0 Å². The first kappa shape index (κ1) is 15.8. The third kappa shape index (κ3) is 2.75. The fourth-order valence-electron chi connectivity index (χ4n) is 4.04. The molecule has 2 aromatic carbocycles. The van der Waals surface area contributed by atoms with E-state index in [1.807, 2.05) is 0 Å². The highest BCUT2D eigenvalue weighted by Gasteiger charge is 2.40. The molecule has 0 aliphatic carbocycles. The SMILES string of the molecule is c1ccc(-c2cc(N3CCC4(CC3)OCCO4)nc3ccccc23)cc1. The molecule has 1 aromatic heterocycles. The molecule has 1 spiro atoms. The van der Waals surface area contributed by atoms with Crippen molar-refractivity contribution in [2.24, 2.45) is 0 Å². The second-order valence-corrected chi connectivity index (χ2v) is 7.01. The van der Waals surface area contributed by atoms with Crippen LogP contribution in [-0.2, 0) is 9.47 Å². The summed E-state index contributed by atoms with van der Waals surface area (Å²) in [4.78, 5) is 7.30. The fraction of sp³-hybridized carbons (Fsp3) is 0.318. The van der Waals surface area contributed by atoms with Gasteiger partial charge in [0.2, 0.25) is 0 Å². The van der Waals surface area contributed by atoms with E-state index in [2.05, 4.69) is 65.6 Å². The van der Waals surface area contributed by atoms with E-state index >= 15 is 0 Å². The largest absolute Gasteiger partial charge is 0.356 e. The molecule has 3 aromatic rings. The normalized spacial score (nSPS) is 19.3. The summed E-state index contributed by atoms with van der Waals surface area (Å²) in [5, 5.41) is 1.19. The maximum absolute atomic E-state index is 5.86. The summed E-state index contributed by atoms with van der Waals surface area (Å²) in [7, 11) is 0. The van der Waals surface area contributed by atoms with Gasteiger partial charge in [-0.25, -0.2) is 4.98 Å². The Bertz CT molecular complexity index is 910. The topological polar surface area (TPSA) is 34.6 Å². The van der Waals surface area contributed by atoms with Gasteiger partial charge in [0, 0.05) is 31.3 Å². The quantitative estimate of drug-likeness (QED) is 0.695. The van der Waals surface area contributed by atoms with Crippen molar-refractivity contribution in [3.8, 4) is 11.1 Å². The minimum atomic E-state index is -0.352. The number of rotatable bonds is 2. The molecule has 0 N–H and O–H groups in total. The first-order valence-electron chi connectivity index (χ1n) is 9.31. The standard InChI is InChI=1S/C22H22N2O2/c1-2-6-17(7-3-1)19-16-21(23-20-9-5-4-8-18(19)20)24-12-10-22(11-13-24)25-14-15-26-22/h1-9,16H,10-15H2. The Hall–Kier alpha value is -2.43. The average molecular weight is 346 g/mol. The van der Waals surface area contributed by atoms with Gasteiger partial charge in [-0.05, 0) is 23.3 Å². The Balaban J connectivity index is 1.53. The number of aromatic nitrogens is 1. The molecule has 26 heavy (non-hydrogen) atoms. The second-order valence-electron chi connectivity index (χ2n) is 7.01. The number of para-hydroxylation sites is 1. The van der Waals surface area contributed by atoms with Gasteiger partial charge in [-0.2, -0.15) is 0 Å². The molecule has 0 atom stereocenters. The summed E-state index contributed by atoms with van der Waals surface area (Å²) in [5.41, 5.74) is 3.50. The van der Waals surface area contributed by atoms with Crippen LogP contribution in [0.3, 0.4) is 0 Å². The number of benzene rings is 2. The molecule has 0 unspecified atom stereocenters. The number of hydrogen-bond acceptors (Lipinski definition) is 4. The van der Waals surface area contributed by atoms with Crippen molar-refractivity contribution in [2.45, 2.75) is 18.6 Å². The molecular weight excluding hydrogens is 324 g/mol. The van der Waals surface area contributed by atoms with Gasteiger partial charge < -0.3 is 14.4 Å². The van der Waals surface area contributed by atoms with Crippen LogP contribution in [0.15, 0.2) is 60.7 Å². The van der Waals surface area contributed by atoms with Gasteiger partial charge >= 0.3 is 0 Å². The molecule has 2 aliphatic rings. The van der Waals surface area contributed by atoms with Crippen LogP contribution < -0.4 is 4.90 Å². The van der Waals surface area contributed by atoms with Gasteiger partial charge in [0.25, 0.3) is 0 Å². The average Bonchev–Trinajstić information content (AvgIpc) is 3.16. The van der Waals surface area contributed by atoms with E-state index in [1.54, 1.807) is 0 Å². The lowest BCUT2D eigenvalue weighted by molar-refractivity contribution is -0.169. The first-order chi connectivity index (χ1) is 12.8. The maximum Gasteiger partial charge on any atom is 0.171 e. The van der Waals surface area contributed by atoms with Gasteiger partial charge in [0.1, 0.15) is 5.82 Å². The minimum Gasteiger partial charge on any atom is -0.356 e. The van der Waals surface area contributed by atoms with Crippen molar-refractivity contribution < 1.29 is 9.47 Å². The number of piperidine rings is 1. The van der Waals surface area contributed by atoms with E-state index in [9.17, 15) is 0 Å². The van der Waals surface area contributed by atoms with E-state index < -0.39 is 0 Å². The van der Waals surface area contributed by atoms with E-state index in [0.717, 1.165) is 37.3 Å². The number of ether oxygens (including phenoxy) is 2. The molecule has 132 valence electrons. The van der Waals surface area contributed by atoms with Crippen LogP contribution in [0.25, 0.3) is 22.0 Å². The summed E-state index contributed by atoms with van der Waals surface area (Å²) < 4.78 is 11.7. The predicted octanol–water partition coefficient (Wildman–Crippen LogP) is 4.25. The van der Waals surface area contributed by atoms with Gasteiger partial charge in [-0.1, -0.05) is 48.5 Å². The van der Waals surface area contributed by atoms with Gasteiger partial charge in [0.05, 0.1) is 18.7 Å². The number of anilines is 1. The minimum absolute atomic E-state index is 0.352. The summed E-state index contributed by atoms with van der Waals surface area (Å²) >= 11 is 0. The number of pyridine rings is 1. The Labute approximate surface area is 153 Å². The highest BCUT2D eigenvalue weighted by atomic mass is 16.7. The van der Waals surface area contributed by atoms with Crippen molar-refractivity contribution in [3.05, 3.63) is 60.7 Å². The van der Waals surface area contributed by atoms with Gasteiger partial charge in [-0.15, -0.1) is 0 Å². The van der Waals surface area contributed by atoms with Crippen molar-refractivity contribution in [1.82, 2.24) is 4.98 Å². The van der Waals surface area contributed by atoms with Crippen LogP contribution in [0.1, 0.15) is 12.8 Å². The van der Waals surface area contributed by atoms with E-state index in [-0.39, 0.29) is 5.79 Å². The van der Waals surface area contributed by atoms with Gasteiger partial charge in [-0.3, -0.25) is 0 Å². The Morgan fingerprint density at radius 2 is 1.54 bits per heavy atom. The Morgan fingerprint density at radius 3 is 2.31 bits per heavy atom. The fourth-order valence-corrected chi connectivity index (χ4v) is 4.04. The molecule has 0 amide bonds. The van der Waals surface area contributed by atoms with Crippen LogP contribution in [0.4, 0.5) is 5.82 Å². The zero-order valence-electron chi connectivity index (χ0n) is 14.7. The lowest BCUT2D eigenvalue weighted by Gasteiger charge is -2.38. The van der Waals surface area contributed by atoms with E-state index in [4.69, 9.17) is 14.5 Å². The molecule has 3 heterocycles. The van der Waals surface area contributed by atoms with Crippen molar-refractivity contribution in [2.75, 3.05) is 31.2 Å². The third-order valence-corrected chi connectivity index (χ3v) is 5.45. The molecule has 2 saturated heterocycles. The molecular formula is C22H22N2O2. The molecule has 4 nitrogen and oxygen atoms in total. The van der Waals surface area contributed by atoms with Crippen molar-refractivity contribution in [3.63, 3.8) is 0 Å². The van der Waals surface area contributed by atoms with Crippen LogP contribution in [0.5, 0.6) is 0 Å². The summed E-state index contributed by atoms with van der Waals surface area (Å²) in [5.74, 6) is 0.686. The van der Waals surface area contributed by atoms with Crippen molar-refractivity contribution in [1.29, 1.82) is 0 Å². The predicted molar refractivity (Wildman–Crippen MR) is 103 cm³/mol. The summed E-state index contributed by atoms with van der Waals surface area (Å²) in [6.07, 6.45) is 1.78. The van der Waals surface area contributed by atoms with Gasteiger partial charge in [0.15, 0.2) is 5.79 Å². The lowest BCUT2D eigenvalue weighted by Crippen LogP contribution is -2.45. The smallest absolute Gasteiger partial charge is 0.171 e. The molecule has 4 heteroatoms. The number of fused-ring (bicyclic) bond motifs is 1.